The molecule has 0 radical (unpaired) electrons. The van der Waals surface area contributed by atoms with Gasteiger partial charge in [0, 0.05) is 34.4 Å². The van der Waals surface area contributed by atoms with Gasteiger partial charge in [-0.15, -0.1) is 11.3 Å². The molecule has 2 heterocycles. The van der Waals surface area contributed by atoms with Crippen molar-refractivity contribution in [3.63, 3.8) is 0 Å². The van der Waals surface area contributed by atoms with E-state index in [0.717, 1.165) is 23.5 Å². The highest BCUT2D eigenvalue weighted by Crippen LogP contribution is 2.37. The second-order valence-electron chi connectivity index (χ2n) is 5.74. The van der Waals surface area contributed by atoms with Gasteiger partial charge in [0.25, 0.3) is 0 Å². The first-order chi connectivity index (χ1) is 9.11. The number of amides is 1. The minimum absolute atomic E-state index is 0.247. The summed E-state index contributed by atoms with van der Waals surface area (Å²) in [6, 6.07) is 2.77. The minimum Gasteiger partial charge on any atom is -0.340 e. The largest absolute Gasteiger partial charge is 0.340 e. The fourth-order valence-electron chi connectivity index (χ4n) is 3.27. The highest BCUT2D eigenvalue weighted by atomic mass is 79.9. The lowest BCUT2D eigenvalue weighted by molar-refractivity contribution is -0.132. The molecular formula is C14H19BrN2OS. The molecule has 0 spiro atoms. The fraction of sp³-hybridized carbons (Fsp3) is 0.643. The molecule has 1 saturated carbocycles. The maximum atomic E-state index is 12.3. The van der Waals surface area contributed by atoms with Gasteiger partial charge < -0.3 is 4.90 Å². The van der Waals surface area contributed by atoms with E-state index in [4.69, 9.17) is 0 Å². The van der Waals surface area contributed by atoms with Gasteiger partial charge in [0.1, 0.15) is 0 Å². The van der Waals surface area contributed by atoms with Crippen molar-refractivity contribution < 1.29 is 4.79 Å². The number of rotatable bonds is 4. The summed E-state index contributed by atoms with van der Waals surface area (Å²) in [5, 5.41) is 2.06. The zero-order valence-electron chi connectivity index (χ0n) is 11.1. The highest BCUT2D eigenvalue weighted by molar-refractivity contribution is 9.10. The Labute approximate surface area is 126 Å². The number of hydrogen-bond acceptors (Lipinski definition) is 3. The lowest BCUT2D eigenvalue weighted by Crippen LogP contribution is -2.41. The summed E-state index contributed by atoms with van der Waals surface area (Å²) in [5.41, 5.74) is 0. The Balaban J connectivity index is 1.52. The summed E-state index contributed by atoms with van der Waals surface area (Å²) in [6.07, 6.45) is 3.98. The van der Waals surface area contributed by atoms with Gasteiger partial charge in [-0.3, -0.25) is 9.69 Å². The summed E-state index contributed by atoms with van der Waals surface area (Å²) in [5.74, 6) is 1.11. The number of thiophene rings is 1. The van der Waals surface area contributed by atoms with E-state index in [1.807, 2.05) is 11.9 Å². The van der Waals surface area contributed by atoms with Crippen LogP contribution in [0.15, 0.2) is 15.9 Å². The molecule has 0 aromatic carbocycles. The van der Waals surface area contributed by atoms with E-state index in [-0.39, 0.29) is 5.91 Å². The third-order valence-electron chi connectivity index (χ3n) is 4.30. The molecule has 0 N–H and O–H groups in total. The Hall–Kier alpha value is -0.390. The molecule has 1 aliphatic carbocycles. The van der Waals surface area contributed by atoms with Crippen molar-refractivity contribution >= 4 is 33.2 Å². The Kier molecular flexibility index (Phi) is 3.96. The Morgan fingerprint density at radius 2 is 2.42 bits per heavy atom. The number of piperidine rings is 1. The zero-order valence-corrected chi connectivity index (χ0v) is 13.5. The van der Waals surface area contributed by atoms with Crippen molar-refractivity contribution in [3.05, 3.63) is 20.8 Å². The van der Waals surface area contributed by atoms with Crippen LogP contribution in [-0.4, -0.2) is 41.9 Å². The zero-order chi connectivity index (χ0) is 13.4. The molecule has 2 fully saturated rings. The van der Waals surface area contributed by atoms with E-state index in [2.05, 4.69) is 32.3 Å². The molecule has 3 nitrogen and oxygen atoms in total. The van der Waals surface area contributed by atoms with Crippen molar-refractivity contribution in [2.75, 3.05) is 20.1 Å². The average Bonchev–Trinajstić information content (AvgIpc) is 3.06. The number of hydrogen-bond donors (Lipinski definition) is 0. The summed E-state index contributed by atoms with van der Waals surface area (Å²) in [4.78, 5) is 17.7. The Bertz CT molecular complexity index is 476. The van der Waals surface area contributed by atoms with Crippen LogP contribution in [0.25, 0.3) is 0 Å². The second-order valence-corrected chi connectivity index (χ2v) is 7.65. The van der Waals surface area contributed by atoms with Gasteiger partial charge in [0.2, 0.25) is 5.91 Å². The van der Waals surface area contributed by atoms with Gasteiger partial charge in [0.05, 0.1) is 13.1 Å². The maximum absolute atomic E-state index is 12.3. The normalized spacial score (nSPS) is 26.0. The second kappa shape index (κ2) is 5.54. The van der Waals surface area contributed by atoms with Gasteiger partial charge in [0.15, 0.2) is 0 Å². The standard InChI is InChI=1S/C14H19BrN2OS/c1-16(7-13-5-11(15)9-19-13)14(18)8-17-6-10-2-3-12(17)4-10/h5,9-10,12H,2-4,6-8H2,1H3. The number of fused-ring (bicyclic) bond motifs is 2. The molecule has 1 aromatic rings. The van der Waals surface area contributed by atoms with Crippen molar-refractivity contribution in [2.24, 2.45) is 5.92 Å². The van der Waals surface area contributed by atoms with E-state index < -0.39 is 0 Å². The van der Waals surface area contributed by atoms with Crippen molar-refractivity contribution in [1.82, 2.24) is 9.80 Å². The summed E-state index contributed by atoms with van der Waals surface area (Å²) in [6.45, 7) is 2.45. The maximum Gasteiger partial charge on any atom is 0.236 e. The lowest BCUT2D eigenvalue weighted by Gasteiger charge is -2.28. The molecule has 1 aromatic heterocycles. The van der Waals surface area contributed by atoms with Gasteiger partial charge in [-0.25, -0.2) is 0 Å². The summed E-state index contributed by atoms with van der Waals surface area (Å²) >= 11 is 5.15. The number of likely N-dealkylation sites (tertiary alicyclic amines) is 1. The molecule has 2 atom stereocenters. The number of carbonyl (C=O) groups excluding carboxylic acids is 1. The van der Waals surface area contributed by atoms with Gasteiger partial charge in [-0.2, -0.15) is 0 Å². The van der Waals surface area contributed by atoms with Crippen molar-refractivity contribution in [1.29, 1.82) is 0 Å². The number of halogens is 1. The fourth-order valence-corrected chi connectivity index (χ4v) is 4.78. The lowest BCUT2D eigenvalue weighted by atomic mass is 10.1. The predicted molar refractivity (Wildman–Crippen MR) is 81.2 cm³/mol. The molecule has 1 aliphatic heterocycles. The van der Waals surface area contributed by atoms with Crippen LogP contribution in [0, 0.1) is 5.92 Å². The summed E-state index contributed by atoms with van der Waals surface area (Å²) < 4.78 is 1.10. The Morgan fingerprint density at radius 1 is 1.58 bits per heavy atom. The molecule has 19 heavy (non-hydrogen) atoms. The molecule has 1 amide bonds. The first kappa shape index (κ1) is 13.6. The molecule has 2 bridgehead atoms. The third kappa shape index (κ3) is 3.03. The van der Waals surface area contributed by atoms with E-state index in [1.54, 1.807) is 11.3 Å². The minimum atomic E-state index is 0.247. The molecule has 104 valence electrons. The van der Waals surface area contributed by atoms with Crippen LogP contribution in [-0.2, 0) is 11.3 Å². The van der Waals surface area contributed by atoms with Crippen LogP contribution in [0.1, 0.15) is 24.1 Å². The van der Waals surface area contributed by atoms with E-state index in [1.165, 1.54) is 24.1 Å². The SMILES string of the molecule is CN(Cc1cc(Br)cs1)C(=O)CN1CC2CCC1C2. The number of carbonyl (C=O) groups is 1. The molecule has 5 heteroatoms. The van der Waals surface area contributed by atoms with Crippen molar-refractivity contribution in [3.8, 4) is 0 Å². The number of likely N-dealkylation sites (N-methyl/N-ethyl adjacent to an activating group) is 1. The molecule has 1 saturated heterocycles. The molecular weight excluding hydrogens is 324 g/mol. The van der Waals surface area contributed by atoms with Crippen LogP contribution in [0.4, 0.5) is 0 Å². The number of nitrogens with zero attached hydrogens (tertiary/aromatic N) is 2. The first-order valence-electron chi connectivity index (χ1n) is 6.83. The topological polar surface area (TPSA) is 23.6 Å². The van der Waals surface area contributed by atoms with Crippen LogP contribution >= 0.6 is 27.3 Å². The van der Waals surface area contributed by atoms with E-state index >= 15 is 0 Å². The van der Waals surface area contributed by atoms with Gasteiger partial charge in [-0.1, -0.05) is 0 Å². The van der Waals surface area contributed by atoms with Crippen LogP contribution < -0.4 is 0 Å². The quantitative estimate of drug-likeness (QED) is 0.839. The van der Waals surface area contributed by atoms with Crippen LogP contribution in [0.3, 0.4) is 0 Å². The summed E-state index contributed by atoms with van der Waals surface area (Å²) in [7, 11) is 1.91. The predicted octanol–water partition coefficient (Wildman–Crippen LogP) is 2.95. The van der Waals surface area contributed by atoms with Crippen LogP contribution in [0.2, 0.25) is 0 Å². The van der Waals surface area contributed by atoms with Crippen molar-refractivity contribution in [2.45, 2.75) is 31.8 Å². The molecule has 3 rings (SSSR count). The van der Waals surface area contributed by atoms with Gasteiger partial charge in [-0.05, 0) is 47.2 Å². The smallest absolute Gasteiger partial charge is 0.236 e. The third-order valence-corrected chi connectivity index (χ3v) is 5.98. The Morgan fingerprint density at radius 3 is 3.00 bits per heavy atom. The van der Waals surface area contributed by atoms with Gasteiger partial charge >= 0.3 is 0 Å². The molecule has 2 unspecified atom stereocenters. The monoisotopic (exact) mass is 342 g/mol. The molecule has 2 aliphatic rings. The average molecular weight is 343 g/mol. The van der Waals surface area contributed by atoms with E-state index in [9.17, 15) is 4.79 Å². The highest BCUT2D eigenvalue weighted by Gasteiger charge is 2.38. The first-order valence-corrected chi connectivity index (χ1v) is 8.50. The van der Waals surface area contributed by atoms with E-state index in [0.29, 0.717) is 12.6 Å². The van der Waals surface area contributed by atoms with Crippen LogP contribution in [0.5, 0.6) is 0 Å².